The first-order chi connectivity index (χ1) is 23.0. The summed E-state index contributed by atoms with van der Waals surface area (Å²) in [4.78, 5) is 18.8. The largest absolute Gasteiger partial charge is 0.508 e. The van der Waals surface area contributed by atoms with Gasteiger partial charge in [0.25, 0.3) is 0 Å². The van der Waals surface area contributed by atoms with Gasteiger partial charge in [-0.2, -0.15) is 9.97 Å². The fourth-order valence-corrected chi connectivity index (χ4v) is 10.4. The van der Waals surface area contributed by atoms with Crippen LogP contribution in [0.2, 0.25) is 0 Å². The highest BCUT2D eigenvalue weighted by molar-refractivity contribution is 7.62. The Balaban J connectivity index is 1.23. The predicted molar refractivity (Wildman–Crippen MR) is 186 cm³/mol. The third kappa shape index (κ3) is 5.53. The lowest BCUT2D eigenvalue weighted by atomic mass is 9.91. The second kappa shape index (κ2) is 11.7. The minimum absolute atomic E-state index is 0.0573. The first-order valence-electron chi connectivity index (χ1n) is 16.9. The number of fused-ring (bicyclic) bond motifs is 5. The molecule has 2 bridgehead atoms. The van der Waals surface area contributed by atoms with Gasteiger partial charge >= 0.3 is 6.01 Å². The van der Waals surface area contributed by atoms with Crippen LogP contribution in [0.3, 0.4) is 0 Å². The highest BCUT2D eigenvalue weighted by atomic mass is 31.2. The molecule has 6 heterocycles. The van der Waals surface area contributed by atoms with Crippen LogP contribution in [0.5, 0.6) is 11.8 Å². The highest BCUT2D eigenvalue weighted by Gasteiger charge is 2.49. The van der Waals surface area contributed by atoms with E-state index in [1.165, 1.54) is 24.3 Å². The molecular formula is C36H41F2N6O3P. The van der Waals surface area contributed by atoms with Gasteiger partial charge < -0.3 is 24.6 Å². The molecule has 0 saturated carbocycles. The second-order valence-corrected chi connectivity index (χ2v) is 18.2. The molecule has 4 unspecified atom stereocenters. The Kier molecular flexibility index (Phi) is 7.73. The lowest BCUT2D eigenvalue weighted by Gasteiger charge is -2.34. The van der Waals surface area contributed by atoms with E-state index < -0.39 is 18.8 Å². The van der Waals surface area contributed by atoms with Gasteiger partial charge in [-0.3, -0.25) is 9.88 Å². The Labute approximate surface area is 278 Å². The van der Waals surface area contributed by atoms with Crippen LogP contribution in [0.4, 0.5) is 14.6 Å². The number of hydrogen-bond acceptors (Lipinski definition) is 9. The summed E-state index contributed by atoms with van der Waals surface area (Å²) in [5.74, 6) is -0.384. The molecule has 48 heavy (non-hydrogen) atoms. The van der Waals surface area contributed by atoms with E-state index in [4.69, 9.17) is 9.72 Å². The van der Waals surface area contributed by atoms with Crippen molar-refractivity contribution >= 4 is 40.7 Å². The van der Waals surface area contributed by atoms with Gasteiger partial charge in [0.15, 0.2) is 5.82 Å². The van der Waals surface area contributed by atoms with Crippen molar-refractivity contribution in [1.29, 1.82) is 0 Å². The van der Waals surface area contributed by atoms with Crippen molar-refractivity contribution < 1.29 is 23.2 Å². The van der Waals surface area contributed by atoms with E-state index in [2.05, 4.69) is 31.7 Å². The van der Waals surface area contributed by atoms with Gasteiger partial charge in [-0.15, -0.1) is 0 Å². The van der Waals surface area contributed by atoms with Gasteiger partial charge in [-0.25, -0.2) is 8.78 Å². The molecular weight excluding hydrogens is 633 g/mol. The molecule has 4 atom stereocenters. The number of halogens is 2. The van der Waals surface area contributed by atoms with Crippen molar-refractivity contribution in [3.63, 3.8) is 0 Å². The van der Waals surface area contributed by atoms with Crippen molar-refractivity contribution in [3.8, 4) is 23.0 Å². The van der Waals surface area contributed by atoms with Crippen molar-refractivity contribution in [2.24, 2.45) is 5.92 Å². The number of pyridine rings is 1. The first kappa shape index (κ1) is 31.6. The maximum absolute atomic E-state index is 16.9. The highest BCUT2D eigenvalue weighted by Crippen LogP contribution is 2.48. The molecule has 0 radical (unpaired) electrons. The number of ether oxygens (including phenoxy) is 1. The predicted octanol–water partition coefficient (Wildman–Crippen LogP) is 6.27. The van der Waals surface area contributed by atoms with Crippen LogP contribution >= 0.6 is 7.14 Å². The minimum Gasteiger partial charge on any atom is -0.508 e. The summed E-state index contributed by atoms with van der Waals surface area (Å²) in [6, 6.07) is 6.48. The number of hydrogen-bond donors (Lipinski definition) is 2. The fraction of sp³-hybridized carbons (Fsp3) is 0.472. The zero-order valence-corrected chi connectivity index (χ0v) is 28.3. The summed E-state index contributed by atoms with van der Waals surface area (Å²) in [6.07, 6.45) is 8.75. The summed E-state index contributed by atoms with van der Waals surface area (Å²) in [6.45, 7) is 11.2. The number of rotatable bonds is 8. The van der Waals surface area contributed by atoms with Gasteiger partial charge in [0, 0.05) is 60.6 Å². The number of phenolic OH excluding ortho intramolecular Hbond substituents is 1. The van der Waals surface area contributed by atoms with Gasteiger partial charge in [0.2, 0.25) is 0 Å². The number of benzene rings is 2. The van der Waals surface area contributed by atoms with Crippen molar-refractivity contribution in [2.75, 3.05) is 57.2 Å². The Morgan fingerprint density at radius 2 is 1.96 bits per heavy atom. The van der Waals surface area contributed by atoms with Crippen LogP contribution in [-0.4, -0.2) is 94.9 Å². The second-order valence-electron chi connectivity index (χ2n) is 14.7. The molecule has 4 saturated heterocycles. The third-order valence-corrected chi connectivity index (χ3v) is 12.2. The van der Waals surface area contributed by atoms with Gasteiger partial charge in [0.05, 0.1) is 18.1 Å². The summed E-state index contributed by atoms with van der Waals surface area (Å²) in [7, 11) is -2.17. The molecule has 12 heteroatoms. The summed E-state index contributed by atoms with van der Waals surface area (Å²) < 4.78 is 51.0. The van der Waals surface area contributed by atoms with E-state index in [0.29, 0.717) is 46.6 Å². The van der Waals surface area contributed by atoms with Crippen LogP contribution < -0.4 is 15.0 Å². The monoisotopic (exact) mass is 674 g/mol. The Morgan fingerprint density at radius 1 is 1.17 bits per heavy atom. The van der Waals surface area contributed by atoms with E-state index in [1.54, 1.807) is 12.3 Å². The molecule has 0 amide bonds. The molecule has 252 valence electrons. The van der Waals surface area contributed by atoms with E-state index >= 15 is 4.39 Å². The summed E-state index contributed by atoms with van der Waals surface area (Å²) in [5.41, 5.74) is 0.242. The molecule has 0 aliphatic carbocycles. The van der Waals surface area contributed by atoms with Crippen molar-refractivity contribution in [2.45, 2.75) is 49.7 Å². The van der Waals surface area contributed by atoms with Gasteiger partial charge in [0.1, 0.15) is 35.2 Å². The smallest absolute Gasteiger partial charge is 0.319 e. The standard InChI is InChI=1S/C36H41F2N6O3P/c1-4-26-29(37)9-6-22-12-25(45)13-27(30(22)26)32-31(38)33-28(15-39-32)34(43-17-23-7-8-24(18-43)40-23)42-35(41-33)47-20-36-10-5-11-44(36)16-21(14-36)19-48(2,3)46/h4,6,9,12-13,15,21,23-24,40,45H,1,5,7-8,10-11,14,16-20H2,2-3H3. The molecule has 8 rings (SSSR count). The van der Waals surface area contributed by atoms with Crippen molar-refractivity contribution in [3.05, 3.63) is 54.2 Å². The van der Waals surface area contributed by atoms with Crippen LogP contribution in [0.15, 0.2) is 37.0 Å². The van der Waals surface area contributed by atoms with Crippen LogP contribution in [0.1, 0.15) is 37.7 Å². The molecule has 4 aromatic rings. The maximum Gasteiger partial charge on any atom is 0.319 e. The lowest BCUT2D eigenvalue weighted by Crippen LogP contribution is -2.51. The number of nitrogens with zero attached hydrogens (tertiary/aromatic N) is 5. The average molecular weight is 675 g/mol. The summed E-state index contributed by atoms with van der Waals surface area (Å²) >= 11 is 0. The molecule has 4 aliphatic rings. The molecule has 2 aromatic carbocycles. The molecule has 9 nitrogen and oxygen atoms in total. The van der Waals surface area contributed by atoms with E-state index in [1.807, 2.05) is 13.3 Å². The average Bonchev–Trinajstić information content (AvgIpc) is 3.69. The number of anilines is 1. The quantitative estimate of drug-likeness (QED) is 0.210. The minimum atomic E-state index is -2.17. The SMILES string of the molecule is C=Cc1c(F)ccc2cc(O)cc(-c3ncc4c(N5CC6CCC(C5)N6)nc(OCC56CCCN5CC(CP(C)(C)=O)C6)nc4c3F)c12. The third-order valence-electron chi connectivity index (χ3n) is 10.8. The zero-order valence-electron chi connectivity index (χ0n) is 27.4. The molecule has 4 fully saturated rings. The van der Waals surface area contributed by atoms with Crippen LogP contribution in [0, 0.1) is 17.6 Å². The normalized spacial score (nSPS) is 25.7. The topological polar surface area (TPSA) is 104 Å². The van der Waals surface area contributed by atoms with E-state index in [9.17, 15) is 14.1 Å². The number of nitrogens with one attached hydrogen (secondary N) is 1. The zero-order chi connectivity index (χ0) is 33.4. The molecule has 2 N–H and O–H groups in total. The molecule has 4 aliphatic heterocycles. The Morgan fingerprint density at radius 3 is 2.71 bits per heavy atom. The lowest BCUT2D eigenvalue weighted by molar-refractivity contribution is 0.107. The van der Waals surface area contributed by atoms with Crippen LogP contribution in [0.25, 0.3) is 39.0 Å². The number of aromatic hydroxyl groups is 1. The van der Waals surface area contributed by atoms with E-state index in [-0.39, 0.29) is 39.6 Å². The summed E-state index contributed by atoms with van der Waals surface area (Å²) in [5, 5.41) is 15.6. The molecule has 0 spiro atoms. The van der Waals surface area contributed by atoms with Crippen LogP contribution in [-0.2, 0) is 4.57 Å². The van der Waals surface area contributed by atoms with Gasteiger partial charge in [-0.05, 0) is 81.5 Å². The molecule has 2 aromatic heterocycles. The number of piperazine rings is 1. The first-order valence-corrected chi connectivity index (χ1v) is 19.7. The fourth-order valence-electron chi connectivity index (χ4n) is 8.91. The maximum atomic E-state index is 16.9. The number of aromatic nitrogens is 3. The number of phenols is 1. The Bertz CT molecular complexity index is 1990. The van der Waals surface area contributed by atoms with Gasteiger partial charge in [-0.1, -0.05) is 18.7 Å². The Hall–Kier alpha value is -3.66. The van der Waals surface area contributed by atoms with Crippen molar-refractivity contribution in [1.82, 2.24) is 25.2 Å². The van der Waals surface area contributed by atoms with E-state index in [0.717, 1.165) is 64.4 Å².